The number of amides is 4. The number of halogens is 2. The van der Waals surface area contributed by atoms with Gasteiger partial charge in [0.15, 0.2) is 0 Å². The van der Waals surface area contributed by atoms with Crippen LogP contribution < -0.4 is 10.2 Å². The summed E-state index contributed by atoms with van der Waals surface area (Å²) in [7, 11) is 0. The molecule has 0 spiro atoms. The Morgan fingerprint density at radius 1 is 0.970 bits per heavy atom. The predicted molar refractivity (Wildman–Crippen MR) is 123 cm³/mol. The minimum Gasteiger partial charge on any atom is -0.368 e. The first-order valence-corrected chi connectivity index (χ1v) is 11.5. The highest BCUT2D eigenvalue weighted by Crippen LogP contribution is 2.32. The van der Waals surface area contributed by atoms with Crippen LogP contribution in [-0.4, -0.2) is 70.5 Å². The number of benzene rings is 1. The first kappa shape index (κ1) is 21.9. The van der Waals surface area contributed by atoms with Gasteiger partial charge in [-0.2, -0.15) is 0 Å². The van der Waals surface area contributed by atoms with Gasteiger partial charge in [-0.05, 0) is 23.3 Å². The minimum atomic E-state index is -0.555. The molecule has 5 rings (SSSR count). The summed E-state index contributed by atoms with van der Waals surface area (Å²) in [5.41, 5.74) is 3.49. The number of anilines is 1. The lowest BCUT2D eigenvalue weighted by Gasteiger charge is -2.36. The molecule has 0 radical (unpaired) electrons. The fourth-order valence-corrected chi connectivity index (χ4v) is 4.88. The van der Waals surface area contributed by atoms with E-state index in [9.17, 15) is 14.4 Å². The fraction of sp³-hybridized carbons (Fsp3) is 0.364. The van der Waals surface area contributed by atoms with Crippen LogP contribution >= 0.6 is 23.2 Å². The van der Waals surface area contributed by atoms with Crippen LogP contribution in [0.5, 0.6) is 0 Å². The van der Waals surface area contributed by atoms with Crippen molar-refractivity contribution in [2.45, 2.75) is 19.5 Å². The number of hydrogen-bond acceptors (Lipinski definition) is 6. The number of rotatable bonds is 4. The molecule has 0 unspecified atom stereocenters. The lowest BCUT2D eigenvalue weighted by Crippen LogP contribution is -2.56. The summed E-state index contributed by atoms with van der Waals surface area (Å²) in [5.74, 6) is -0.542. The monoisotopic (exact) mass is 488 g/mol. The number of imide groups is 1. The van der Waals surface area contributed by atoms with Crippen LogP contribution in [-0.2, 0) is 17.9 Å². The minimum absolute atomic E-state index is 0.181. The van der Waals surface area contributed by atoms with Crippen molar-refractivity contribution in [3.63, 3.8) is 0 Å². The Balaban J connectivity index is 1.22. The maximum absolute atomic E-state index is 12.8. The van der Waals surface area contributed by atoms with Gasteiger partial charge in [0.1, 0.15) is 10.2 Å². The maximum atomic E-state index is 12.8. The van der Waals surface area contributed by atoms with Crippen LogP contribution in [0.25, 0.3) is 0 Å². The molecule has 3 aliphatic heterocycles. The predicted octanol–water partition coefficient (Wildman–Crippen LogP) is 2.52. The molecule has 1 N–H and O–H groups in total. The Kier molecular flexibility index (Phi) is 5.86. The lowest BCUT2D eigenvalue weighted by molar-refractivity contribution is -0.123. The van der Waals surface area contributed by atoms with Gasteiger partial charge in [0.05, 0.1) is 18.8 Å². The number of hydrazine groups is 1. The van der Waals surface area contributed by atoms with Crippen molar-refractivity contribution in [3.8, 4) is 0 Å². The smallest absolute Gasteiger partial charge is 0.342 e. The van der Waals surface area contributed by atoms with Crippen LogP contribution in [0.1, 0.15) is 27.9 Å². The van der Waals surface area contributed by atoms with E-state index in [1.54, 1.807) is 6.20 Å². The number of fused-ring (bicyclic) bond motifs is 1. The SMILES string of the molecule is O=C1CCN(N2Cc3cc(CN4CCN(c5ccnc(Cl)c5Cl)CC4)ccc3C2=O)C(=O)N1. The number of carbonyl (C=O) groups excluding carboxylic acids is 3. The van der Waals surface area contributed by atoms with Gasteiger partial charge in [0.2, 0.25) is 5.91 Å². The third-order valence-corrected chi connectivity index (χ3v) is 6.98. The van der Waals surface area contributed by atoms with Gasteiger partial charge < -0.3 is 4.90 Å². The third-order valence-electron chi connectivity index (χ3n) is 6.22. The molecule has 4 heterocycles. The molecule has 0 atom stereocenters. The van der Waals surface area contributed by atoms with Crippen molar-refractivity contribution < 1.29 is 14.4 Å². The molecule has 11 heteroatoms. The molecule has 0 bridgehead atoms. The number of urea groups is 1. The largest absolute Gasteiger partial charge is 0.368 e. The zero-order chi connectivity index (χ0) is 23.1. The summed E-state index contributed by atoms with van der Waals surface area (Å²) in [6.45, 7) is 4.65. The quantitative estimate of drug-likeness (QED) is 0.665. The van der Waals surface area contributed by atoms with Gasteiger partial charge in [-0.3, -0.25) is 19.8 Å². The first-order valence-electron chi connectivity index (χ1n) is 10.7. The van der Waals surface area contributed by atoms with Crippen molar-refractivity contribution in [3.05, 3.63) is 57.3 Å². The second kappa shape index (κ2) is 8.81. The van der Waals surface area contributed by atoms with E-state index in [2.05, 4.69) is 20.1 Å². The molecule has 9 nitrogen and oxygen atoms in total. The molecule has 2 aromatic rings. The number of carbonyl (C=O) groups is 3. The fourth-order valence-electron chi connectivity index (χ4n) is 4.50. The molecule has 0 aliphatic carbocycles. The van der Waals surface area contributed by atoms with Gasteiger partial charge in [-0.25, -0.2) is 19.8 Å². The van der Waals surface area contributed by atoms with Crippen LogP contribution in [0.15, 0.2) is 30.5 Å². The summed E-state index contributed by atoms with van der Waals surface area (Å²) in [5, 5.41) is 5.79. The second-order valence-corrected chi connectivity index (χ2v) is 9.01. The highest BCUT2D eigenvalue weighted by Gasteiger charge is 2.37. The molecule has 0 saturated carbocycles. The molecular weight excluding hydrogens is 467 g/mol. The number of hydrogen-bond donors (Lipinski definition) is 1. The molecule has 1 aromatic carbocycles. The van der Waals surface area contributed by atoms with Crippen molar-refractivity contribution >= 4 is 46.7 Å². The van der Waals surface area contributed by atoms with E-state index in [0.717, 1.165) is 49.5 Å². The molecule has 172 valence electrons. The van der Waals surface area contributed by atoms with E-state index < -0.39 is 6.03 Å². The van der Waals surface area contributed by atoms with Crippen LogP contribution in [0, 0.1) is 0 Å². The standard InChI is InChI=1S/C22H22Cl2N6O3/c23-19-17(3-5-25-20(19)24)28-9-7-27(8-10-28)12-14-1-2-16-15(11-14)13-30(21(16)32)29-6-4-18(31)26-22(29)33/h1-3,5,11H,4,6-10,12-13H2,(H,26,31,33). The normalized spacial score (nSPS) is 19.2. The van der Waals surface area contributed by atoms with Gasteiger partial charge >= 0.3 is 6.03 Å². The van der Waals surface area contributed by atoms with E-state index in [0.29, 0.717) is 22.3 Å². The van der Waals surface area contributed by atoms with Crippen LogP contribution in [0.3, 0.4) is 0 Å². The number of nitrogens with one attached hydrogen (secondary N) is 1. The molecular formula is C22H22Cl2N6O3. The Labute approximate surface area is 200 Å². The summed E-state index contributed by atoms with van der Waals surface area (Å²) in [4.78, 5) is 45.0. The van der Waals surface area contributed by atoms with E-state index in [4.69, 9.17) is 23.2 Å². The third kappa shape index (κ3) is 4.23. The summed E-state index contributed by atoms with van der Waals surface area (Å²) in [6, 6.07) is 7.15. The van der Waals surface area contributed by atoms with Gasteiger partial charge in [0, 0.05) is 50.9 Å². The number of piperazine rings is 1. The molecule has 1 aromatic heterocycles. The summed E-state index contributed by atoms with van der Waals surface area (Å²) < 4.78 is 0. The molecule has 2 fully saturated rings. The summed E-state index contributed by atoms with van der Waals surface area (Å²) in [6.07, 6.45) is 1.84. The van der Waals surface area contributed by atoms with Crippen molar-refractivity contribution in [1.29, 1.82) is 0 Å². The highest BCUT2D eigenvalue weighted by molar-refractivity contribution is 6.42. The second-order valence-electron chi connectivity index (χ2n) is 8.28. The van der Waals surface area contributed by atoms with Crippen LogP contribution in [0.4, 0.5) is 10.5 Å². The topological polar surface area (TPSA) is 89.1 Å². The Morgan fingerprint density at radius 3 is 2.52 bits per heavy atom. The zero-order valence-electron chi connectivity index (χ0n) is 17.8. The van der Waals surface area contributed by atoms with E-state index in [-0.39, 0.29) is 24.8 Å². The average molecular weight is 489 g/mol. The molecule has 3 aliphatic rings. The average Bonchev–Trinajstić information content (AvgIpc) is 3.12. The molecule has 33 heavy (non-hydrogen) atoms. The van der Waals surface area contributed by atoms with Gasteiger partial charge in [-0.15, -0.1) is 0 Å². The van der Waals surface area contributed by atoms with E-state index in [1.165, 1.54) is 10.0 Å². The number of aromatic nitrogens is 1. The Hall–Kier alpha value is -2.88. The Bertz CT molecular complexity index is 1140. The van der Waals surface area contributed by atoms with E-state index >= 15 is 0 Å². The summed E-state index contributed by atoms with van der Waals surface area (Å²) >= 11 is 12.4. The van der Waals surface area contributed by atoms with Gasteiger partial charge in [0.25, 0.3) is 5.91 Å². The Morgan fingerprint density at radius 2 is 1.76 bits per heavy atom. The number of nitrogens with zero attached hydrogens (tertiary/aromatic N) is 5. The number of pyridine rings is 1. The molecule has 2 saturated heterocycles. The molecule has 4 amide bonds. The van der Waals surface area contributed by atoms with Crippen molar-refractivity contribution in [2.75, 3.05) is 37.6 Å². The van der Waals surface area contributed by atoms with Crippen molar-refractivity contribution in [2.24, 2.45) is 0 Å². The maximum Gasteiger partial charge on any atom is 0.342 e. The lowest BCUT2D eigenvalue weighted by atomic mass is 10.1. The van der Waals surface area contributed by atoms with E-state index in [1.807, 2.05) is 24.3 Å². The first-order chi connectivity index (χ1) is 15.9. The van der Waals surface area contributed by atoms with Crippen LogP contribution in [0.2, 0.25) is 10.2 Å². The van der Waals surface area contributed by atoms with Crippen molar-refractivity contribution in [1.82, 2.24) is 25.2 Å². The highest BCUT2D eigenvalue weighted by atomic mass is 35.5. The van der Waals surface area contributed by atoms with Gasteiger partial charge in [-0.1, -0.05) is 35.3 Å². The zero-order valence-corrected chi connectivity index (χ0v) is 19.3.